The van der Waals surface area contributed by atoms with Gasteiger partial charge in [-0.15, -0.1) is 0 Å². The fraction of sp³-hybridized carbons (Fsp3) is 0.647. The maximum Gasteiger partial charge on any atom is 0.270 e. The standard InChI is InChI=1S/C17H25N3O/c1-13-7-10-20(11-8-13)15-6-9-18-16(12-15)17(21)19-14-4-2-3-5-14/h6,9,12-14H,2-5,7-8,10-11H2,1H3,(H,19,21). The number of piperidine rings is 1. The van der Waals surface area contributed by atoms with E-state index in [2.05, 4.69) is 22.1 Å². The number of anilines is 1. The Morgan fingerprint density at radius 3 is 2.67 bits per heavy atom. The number of hydrogen-bond acceptors (Lipinski definition) is 3. The van der Waals surface area contributed by atoms with Gasteiger partial charge in [0, 0.05) is 31.0 Å². The minimum atomic E-state index is -0.0193. The first-order chi connectivity index (χ1) is 10.2. The second-order valence-corrected chi connectivity index (χ2v) is 6.52. The van der Waals surface area contributed by atoms with Crippen LogP contribution in [0.5, 0.6) is 0 Å². The van der Waals surface area contributed by atoms with E-state index in [0.29, 0.717) is 11.7 Å². The Balaban J connectivity index is 1.66. The number of carbonyl (C=O) groups is 1. The van der Waals surface area contributed by atoms with E-state index in [1.54, 1.807) is 6.20 Å². The number of amides is 1. The van der Waals surface area contributed by atoms with Gasteiger partial charge >= 0.3 is 0 Å². The molecule has 1 aliphatic carbocycles. The topological polar surface area (TPSA) is 45.2 Å². The third kappa shape index (κ3) is 3.55. The van der Waals surface area contributed by atoms with Gasteiger partial charge in [-0.25, -0.2) is 0 Å². The van der Waals surface area contributed by atoms with Crippen LogP contribution in [0.25, 0.3) is 0 Å². The molecule has 2 heterocycles. The van der Waals surface area contributed by atoms with Gasteiger partial charge in [-0.2, -0.15) is 0 Å². The smallest absolute Gasteiger partial charge is 0.270 e. The van der Waals surface area contributed by atoms with Gasteiger partial charge in [0.05, 0.1) is 0 Å². The van der Waals surface area contributed by atoms with E-state index in [-0.39, 0.29) is 5.91 Å². The fourth-order valence-electron chi connectivity index (χ4n) is 3.34. The van der Waals surface area contributed by atoms with Crippen LogP contribution in [-0.4, -0.2) is 30.0 Å². The molecule has 0 atom stereocenters. The Morgan fingerprint density at radius 1 is 1.24 bits per heavy atom. The Labute approximate surface area is 126 Å². The zero-order valence-electron chi connectivity index (χ0n) is 12.8. The largest absolute Gasteiger partial charge is 0.371 e. The predicted octanol–water partition coefficient (Wildman–Crippen LogP) is 2.99. The zero-order chi connectivity index (χ0) is 14.7. The molecule has 1 amide bonds. The zero-order valence-corrected chi connectivity index (χ0v) is 12.8. The summed E-state index contributed by atoms with van der Waals surface area (Å²) in [5.41, 5.74) is 1.69. The Morgan fingerprint density at radius 2 is 1.95 bits per heavy atom. The summed E-state index contributed by atoms with van der Waals surface area (Å²) in [6.45, 7) is 4.47. The fourth-order valence-corrected chi connectivity index (χ4v) is 3.34. The van der Waals surface area contributed by atoms with Crippen LogP contribution in [0.3, 0.4) is 0 Å². The molecule has 0 spiro atoms. The number of carbonyl (C=O) groups excluding carboxylic acids is 1. The van der Waals surface area contributed by atoms with Gasteiger partial charge in [0.15, 0.2) is 0 Å². The number of hydrogen-bond donors (Lipinski definition) is 1. The van der Waals surface area contributed by atoms with Crippen LogP contribution in [0.2, 0.25) is 0 Å². The first kappa shape index (κ1) is 14.4. The third-order valence-corrected chi connectivity index (χ3v) is 4.82. The molecule has 3 rings (SSSR count). The van der Waals surface area contributed by atoms with Gasteiger partial charge in [0.1, 0.15) is 5.69 Å². The second-order valence-electron chi connectivity index (χ2n) is 6.52. The third-order valence-electron chi connectivity index (χ3n) is 4.82. The van der Waals surface area contributed by atoms with E-state index < -0.39 is 0 Å². The summed E-state index contributed by atoms with van der Waals surface area (Å²) in [5.74, 6) is 0.794. The molecule has 1 aromatic rings. The molecule has 2 fully saturated rings. The Hall–Kier alpha value is -1.58. The minimum Gasteiger partial charge on any atom is -0.371 e. The highest BCUT2D eigenvalue weighted by molar-refractivity contribution is 5.93. The van der Waals surface area contributed by atoms with E-state index in [1.165, 1.54) is 25.7 Å². The molecule has 1 saturated carbocycles. The lowest BCUT2D eigenvalue weighted by Crippen LogP contribution is -2.34. The van der Waals surface area contributed by atoms with E-state index in [4.69, 9.17) is 0 Å². The summed E-state index contributed by atoms with van der Waals surface area (Å²) in [6, 6.07) is 4.31. The highest BCUT2D eigenvalue weighted by Gasteiger charge is 2.20. The maximum atomic E-state index is 12.3. The molecule has 1 aliphatic heterocycles. The van der Waals surface area contributed by atoms with Crippen LogP contribution < -0.4 is 10.2 Å². The molecule has 4 nitrogen and oxygen atoms in total. The van der Waals surface area contributed by atoms with Crippen LogP contribution >= 0.6 is 0 Å². The summed E-state index contributed by atoms with van der Waals surface area (Å²) >= 11 is 0. The van der Waals surface area contributed by atoms with Gasteiger partial charge < -0.3 is 10.2 Å². The molecule has 21 heavy (non-hydrogen) atoms. The van der Waals surface area contributed by atoms with E-state index in [0.717, 1.165) is 37.5 Å². The van der Waals surface area contributed by atoms with Gasteiger partial charge in [-0.1, -0.05) is 19.8 Å². The summed E-state index contributed by atoms with van der Waals surface area (Å²) < 4.78 is 0. The first-order valence-corrected chi connectivity index (χ1v) is 8.24. The Kier molecular flexibility index (Phi) is 4.42. The van der Waals surface area contributed by atoms with Crippen molar-refractivity contribution < 1.29 is 4.79 Å². The van der Waals surface area contributed by atoms with Gasteiger partial charge in [-0.3, -0.25) is 9.78 Å². The molecule has 0 radical (unpaired) electrons. The molecular weight excluding hydrogens is 262 g/mol. The van der Waals surface area contributed by atoms with E-state index >= 15 is 0 Å². The number of nitrogens with zero attached hydrogens (tertiary/aromatic N) is 2. The highest BCUT2D eigenvalue weighted by Crippen LogP contribution is 2.23. The van der Waals surface area contributed by atoms with Crippen molar-refractivity contribution in [2.45, 2.75) is 51.5 Å². The first-order valence-electron chi connectivity index (χ1n) is 8.24. The molecule has 1 N–H and O–H groups in total. The lowest BCUT2D eigenvalue weighted by molar-refractivity contribution is 0.0933. The van der Waals surface area contributed by atoms with Crippen molar-refractivity contribution in [3.05, 3.63) is 24.0 Å². The van der Waals surface area contributed by atoms with Gasteiger partial charge in [0.2, 0.25) is 0 Å². The minimum absolute atomic E-state index is 0.0193. The van der Waals surface area contributed by atoms with E-state index in [9.17, 15) is 4.79 Å². The lowest BCUT2D eigenvalue weighted by Gasteiger charge is -2.32. The predicted molar refractivity (Wildman–Crippen MR) is 84.6 cm³/mol. The van der Waals surface area contributed by atoms with Gasteiger partial charge in [-0.05, 0) is 43.7 Å². The Bertz CT molecular complexity index is 489. The molecule has 0 bridgehead atoms. The molecule has 114 valence electrons. The van der Waals surface area contributed by atoms with Gasteiger partial charge in [0.25, 0.3) is 5.91 Å². The molecule has 1 aromatic heterocycles. The number of aromatic nitrogens is 1. The van der Waals surface area contributed by atoms with Crippen LogP contribution in [0.1, 0.15) is 55.9 Å². The lowest BCUT2D eigenvalue weighted by atomic mass is 9.99. The summed E-state index contributed by atoms with van der Waals surface area (Å²) in [7, 11) is 0. The maximum absolute atomic E-state index is 12.3. The van der Waals surface area contributed by atoms with Crippen LogP contribution in [0, 0.1) is 5.92 Å². The number of pyridine rings is 1. The average molecular weight is 287 g/mol. The molecule has 0 unspecified atom stereocenters. The molecule has 4 heteroatoms. The second kappa shape index (κ2) is 6.46. The molecule has 2 aliphatic rings. The number of rotatable bonds is 3. The molecule has 0 aromatic carbocycles. The van der Waals surface area contributed by atoms with Crippen molar-refractivity contribution in [1.29, 1.82) is 0 Å². The van der Waals surface area contributed by atoms with Crippen LogP contribution in [0.15, 0.2) is 18.3 Å². The van der Waals surface area contributed by atoms with Crippen molar-refractivity contribution in [2.75, 3.05) is 18.0 Å². The van der Waals surface area contributed by atoms with Crippen molar-refractivity contribution in [3.8, 4) is 0 Å². The van der Waals surface area contributed by atoms with Crippen LogP contribution in [0.4, 0.5) is 5.69 Å². The SMILES string of the molecule is CC1CCN(c2ccnc(C(=O)NC3CCCC3)c2)CC1. The molecular formula is C17H25N3O. The molecule has 1 saturated heterocycles. The summed E-state index contributed by atoms with van der Waals surface area (Å²) in [4.78, 5) is 18.9. The van der Waals surface area contributed by atoms with Crippen molar-refractivity contribution in [2.24, 2.45) is 5.92 Å². The average Bonchev–Trinajstić information content (AvgIpc) is 3.01. The van der Waals surface area contributed by atoms with Crippen molar-refractivity contribution >= 4 is 11.6 Å². The van der Waals surface area contributed by atoms with E-state index in [1.807, 2.05) is 12.1 Å². The van der Waals surface area contributed by atoms with Crippen molar-refractivity contribution in [1.82, 2.24) is 10.3 Å². The monoisotopic (exact) mass is 287 g/mol. The quantitative estimate of drug-likeness (QED) is 0.929. The summed E-state index contributed by atoms with van der Waals surface area (Å²) in [6.07, 6.45) is 8.88. The highest BCUT2D eigenvalue weighted by atomic mass is 16.1. The number of nitrogens with one attached hydrogen (secondary N) is 1. The van der Waals surface area contributed by atoms with Crippen LogP contribution in [-0.2, 0) is 0 Å². The summed E-state index contributed by atoms with van der Waals surface area (Å²) in [5, 5.41) is 3.11. The van der Waals surface area contributed by atoms with Crippen molar-refractivity contribution in [3.63, 3.8) is 0 Å². The normalized spacial score (nSPS) is 20.7.